The molecule has 0 spiro atoms. The highest BCUT2D eigenvalue weighted by Crippen LogP contribution is 2.34. The predicted molar refractivity (Wildman–Crippen MR) is 97.6 cm³/mol. The van der Waals surface area contributed by atoms with Gasteiger partial charge < -0.3 is 4.42 Å². The Morgan fingerprint density at radius 1 is 1.24 bits per heavy atom. The van der Waals surface area contributed by atoms with Gasteiger partial charge in [0, 0.05) is 10.9 Å². The van der Waals surface area contributed by atoms with Crippen LogP contribution in [0.3, 0.4) is 0 Å². The molecule has 0 amide bonds. The summed E-state index contributed by atoms with van der Waals surface area (Å²) in [4.78, 5) is 32.2. The van der Waals surface area contributed by atoms with Crippen molar-refractivity contribution in [3.05, 3.63) is 57.3 Å². The summed E-state index contributed by atoms with van der Waals surface area (Å²) in [5.74, 6) is -0.506. The maximum atomic E-state index is 11.8. The van der Waals surface area contributed by atoms with Crippen molar-refractivity contribution in [1.82, 2.24) is 14.4 Å². The number of nitrogens with zero attached hydrogens (tertiary/aromatic N) is 2. The molecule has 1 N–H and O–H groups in total. The zero-order valence-corrected chi connectivity index (χ0v) is 14.2. The first-order valence-electron chi connectivity index (χ1n) is 7.37. The molecule has 0 bridgehead atoms. The Labute approximate surface area is 148 Å². The van der Waals surface area contributed by atoms with Crippen LogP contribution in [0.15, 0.2) is 50.3 Å². The van der Waals surface area contributed by atoms with Crippen LogP contribution in [0.4, 0.5) is 0 Å². The quantitative estimate of drug-likeness (QED) is 0.488. The van der Waals surface area contributed by atoms with Crippen molar-refractivity contribution in [3.63, 3.8) is 0 Å². The number of H-pyrrole nitrogens is 1. The summed E-state index contributed by atoms with van der Waals surface area (Å²) in [5, 5.41) is 4.00. The van der Waals surface area contributed by atoms with Gasteiger partial charge in [-0.2, -0.15) is 0 Å². The summed E-state index contributed by atoms with van der Waals surface area (Å²) in [6.07, 6.45) is 0.816. The summed E-state index contributed by atoms with van der Waals surface area (Å²) in [6, 6.07) is 9.28. The number of thiazole rings is 1. The van der Waals surface area contributed by atoms with Gasteiger partial charge in [-0.15, -0.1) is 22.7 Å². The summed E-state index contributed by atoms with van der Waals surface area (Å²) < 4.78 is 6.98. The standard InChI is InChI=1S/C17H9N3O3S2/c21-7-11-15(9-3-4-10-13(6-9)23-17(22)18-10)19-16-20(11)12(8-25-16)14-2-1-5-24-14/h1-8H,(H,18,22). The van der Waals surface area contributed by atoms with Crippen molar-refractivity contribution in [1.29, 1.82) is 0 Å². The Morgan fingerprint density at radius 3 is 2.96 bits per heavy atom. The van der Waals surface area contributed by atoms with Crippen LogP contribution in [-0.2, 0) is 0 Å². The van der Waals surface area contributed by atoms with E-state index in [1.165, 1.54) is 11.3 Å². The van der Waals surface area contributed by atoms with Gasteiger partial charge in [0.15, 0.2) is 16.8 Å². The number of hydrogen-bond donors (Lipinski definition) is 1. The molecule has 4 aromatic heterocycles. The molecule has 4 heterocycles. The molecule has 5 aromatic rings. The van der Waals surface area contributed by atoms with Gasteiger partial charge in [-0.05, 0) is 23.6 Å². The number of benzene rings is 1. The first-order chi connectivity index (χ1) is 12.2. The van der Waals surface area contributed by atoms with Crippen molar-refractivity contribution in [3.8, 4) is 21.8 Å². The number of carbonyl (C=O) groups excluding carboxylic acids is 1. The number of aldehydes is 1. The number of aromatic amines is 1. The van der Waals surface area contributed by atoms with E-state index in [4.69, 9.17) is 4.42 Å². The minimum Gasteiger partial charge on any atom is -0.408 e. The molecule has 0 saturated heterocycles. The third-order valence-electron chi connectivity index (χ3n) is 3.98. The summed E-state index contributed by atoms with van der Waals surface area (Å²) >= 11 is 3.10. The molecule has 8 heteroatoms. The average Bonchev–Trinajstić information content (AvgIpc) is 3.36. The Balaban J connectivity index is 1.78. The molecule has 25 heavy (non-hydrogen) atoms. The van der Waals surface area contributed by atoms with Crippen molar-refractivity contribution < 1.29 is 9.21 Å². The van der Waals surface area contributed by atoms with Gasteiger partial charge in [0.05, 0.1) is 16.1 Å². The highest BCUT2D eigenvalue weighted by atomic mass is 32.1. The lowest BCUT2D eigenvalue weighted by Crippen LogP contribution is -1.93. The number of thiophene rings is 1. The molecule has 1 aromatic carbocycles. The number of rotatable bonds is 3. The van der Waals surface area contributed by atoms with Crippen LogP contribution < -0.4 is 5.76 Å². The van der Waals surface area contributed by atoms with E-state index in [1.54, 1.807) is 23.5 Å². The number of carbonyl (C=O) groups is 1. The molecule has 6 nitrogen and oxygen atoms in total. The molecule has 0 unspecified atom stereocenters. The van der Waals surface area contributed by atoms with Crippen LogP contribution in [0.25, 0.3) is 37.9 Å². The maximum Gasteiger partial charge on any atom is 0.417 e. The van der Waals surface area contributed by atoms with Crippen LogP contribution in [0, 0.1) is 0 Å². The van der Waals surface area contributed by atoms with E-state index in [0.29, 0.717) is 22.5 Å². The molecule has 0 aliphatic heterocycles. The van der Waals surface area contributed by atoms with E-state index in [0.717, 1.165) is 27.4 Å². The average molecular weight is 367 g/mol. The van der Waals surface area contributed by atoms with E-state index >= 15 is 0 Å². The Bertz CT molecular complexity index is 1290. The largest absolute Gasteiger partial charge is 0.417 e. The zero-order chi connectivity index (χ0) is 17.0. The molecule has 5 rings (SSSR count). The molecule has 0 fully saturated rings. The molecule has 0 atom stereocenters. The number of oxazole rings is 1. The van der Waals surface area contributed by atoms with Gasteiger partial charge in [0.1, 0.15) is 11.4 Å². The van der Waals surface area contributed by atoms with Crippen LogP contribution >= 0.6 is 22.7 Å². The molecular weight excluding hydrogens is 358 g/mol. The van der Waals surface area contributed by atoms with Crippen molar-refractivity contribution in [2.24, 2.45) is 0 Å². The summed E-state index contributed by atoms with van der Waals surface area (Å²) in [5.41, 5.74) is 3.79. The molecule has 0 radical (unpaired) electrons. The maximum absolute atomic E-state index is 11.8. The van der Waals surface area contributed by atoms with E-state index in [9.17, 15) is 9.59 Å². The van der Waals surface area contributed by atoms with Gasteiger partial charge in [-0.1, -0.05) is 12.1 Å². The first kappa shape index (κ1) is 14.4. The fraction of sp³-hybridized carbons (Fsp3) is 0. The third kappa shape index (κ3) is 2.11. The highest BCUT2D eigenvalue weighted by Gasteiger charge is 2.19. The second-order valence-electron chi connectivity index (χ2n) is 5.41. The SMILES string of the molecule is O=Cc1c(-c2ccc3[nH]c(=O)oc3c2)nc2scc(-c3cccs3)n12. The molecule has 0 saturated carbocycles. The summed E-state index contributed by atoms with van der Waals surface area (Å²) in [7, 11) is 0. The Hall–Kier alpha value is -2.97. The minimum atomic E-state index is -0.506. The van der Waals surface area contributed by atoms with E-state index in [-0.39, 0.29) is 0 Å². The highest BCUT2D eigenvalue weighted by molar-refractivity contribution is 7.17. The van der Waals surface area contributed by atoms with E-state index in [2.05, 4.69) is 9.97 Å². The monoisotopic (exact) mass is 367 g/mol. The Kier molecular flexibility index (Phi) is 3.03. The van der Waals surface area contributed by atoms with Crippen LogP contribution in [0.2, 0.25) is 0 Å². The van der Waals surface area contributed by atoms with E-state index < -0.39 is 5.76 Å². The van der Waals surface area contributed by atoms with Crippen LogP contribution in [0.5, 0.6) is 0 Å². The number of nitrogens with one attached hydrogen (secondary N) is 1. The van der Waals surface area contributed by atoms with Crippen molar-refractivity contribution >= 4 is 45.0 Å². The second kappa shape index (κ2) is 5.27. The first-order valence-corrected chi connectivity index (χ1v) is 9.13. The number of imidazole rings is 1. The van der Waals surface area contributed by atoms with Crippen LogP contribution in [0.1, 0.15) is 10.5 Å². The number of aromatic nitrogens is 3. The number of hydrogen-bond acceptors (Lipinski definition) is 6. The topological polar surface area (TPSA) is 80.4 Å². The second-order valence-corrected chi connectivity index (χ2v) is 7.19. The van der Waals surface area contributed by atoms with Crippen LogP contribution in [-0.4, -0.2) is 20.7 Å². The molecule has 0 aliphatic carbocycles. The van der Waals surface area contributed by atoms with Gasteiger partial charge >= 0.3 is 5.76 Å². The summed E-state index contributed by atoms with van der Waals surface area (Å²) in [6.45, 7) is 0. The van der Waals surface area contributed by atoms with E-state index in [1.807, 2.05) is 33.4 Å². The van der Waals surface area contributed by atoms with Gasteiger partial charge in [-0.3, -0.25) is 14.2 Å². The smallest absolute Gasteiger partial charge is 0.408 e. The van der Waals surface area contributed by atoms with Crippen molar-refractivity contribution in [2.45, 2.75) is 0 Å². The lowest BCUT2D eigenvalue weighted by Gasteiger charge is -2.00. The molecular formula is C17H9N3O3S2. The molecule has 0 aliphatic rings. The van der Waals surface area contributed by atoms with Crippen molar-refractivity contribution in [2.75, 3.05) is 0 Å². The van der Waals surface area contributed by atoms with Gasteiger partial charge in [0.25, 0.3) is 0 Å². The van der Waals surface area contributed by atoms with Gasteiger partial charge in [0.2, 0.25) is 0 Å². The predicted octanol–water partition coefficient (Wildman–Crippen LogP) is 4.04. The normalized spacial score (nSPS) is 11.5. The lowest BCUT2D eigenvalue weighted by atomic mass is 10.1. The fourth-order valence-electron chi connectivity index (χ4n) is 2.89. The zero-order valence-electron chi connectivity index (χ0n) is 12.6. The molecule has 122 valence electrons. The third-order valence-corrected chi connectivity index (χ3v) is 5.70. The van der Waals surface area contributed by atoms with Gasteiger partial charge in [-0.25, -0.2) is 9.78 Å². The minimum absolute atomic E-state index is 0.439. The number of fused-ring (bicyclic) bond motifs is 2. The Morgan fingerprint density at radius 2 is 2.16 bits per heavy atom. The fourth-order valence-corrected chi connectivity index (χ4v) is 4.59. The lowest BCUT2D eigenvalue weighted by molar-refractivity contribution is 0.111.